The molecule has 1 saturated carbocycles. The maximum atomic E-state index is 5.93. The topological polar surface area (TPSA) is 0 Å². The summed E-state index contributed by atoms with van der Waals surface area (Å²) in [5.41, 5.74) is 0. The molecule has 1 fully saturated rings. The smallest absolute Gasteiger partial charge is 0.122 e. The molecule has 0 N–H and O–H groups in total. The summed E-state index contributed by atoms with van der Waals surface area (Å²) in [4.78, 5) is 1.29. The SMILES string of the molecule is ClC1(Cl)C[C@H]1CSc1ccccc1. The highest BCUT2D eigenvalue weighted by Gasteiger charge is 2.51. The van der Waals surface area contributed by atoms with Crippen molar-refractivity contribution in [3.8, 4) is 0 Å². The van der Waals surface area contributed by atoms with Crippen molar-refractivity contribution >= 4 is 35.0 Å². The van der Waals surface area contributed by atoms with E-state index in [1.807, 2.05) is 30.0 Å². The highest BCUT2D eigenvalue weighted by Crippen LogP contribution is 2.54. The fraction of sp³-hybridized carbons (Fsp3) is 0.400. The molecule has 0 spiro atoms. The summed E-state index contributed by atoms with van der Waals surface area (Å²) in [6.07, 6.45) is 0.940. The number of alkyl halides is 2. The molecule has 0 heterocycles. The first kappa shape index (κ1) is 9.70. The van der Waals surface area contributed by atoms with Gasteiger partial charge in [-0.3, -0.25) is 0 Å². The molecular weight excluding hydrogens is 223 g/mol. The van der Waals surface area contributed by atoms with Gasteiger partial charge in [-0.2, -0.15) is 0 Å². The molecule has 0 radical (unpaired) electrons. The van der Waals surface area contributed by atoms with Gasteiger partial charge in [0.15, 0.2) is 0 Å². The van der Waals surface area contributed by atoms with Crippen molar-refractivity contribution in [1.29, 1.82) is 0 Å². The summed E-state index contributed by atoms with van der Waals surface area (Å²) in [6.45, 7) is 0. The maximum Gasteiger partial charge on any atom is 0.122 e. The fourth-order valence-electron chi connectivity index (χ4n) is 1.16. The van der Waals surface area contributed by atoms with Gasteiger partial charge in [0.05, 0.1) is 0 Å². The lowest BCUT2D eigenvalue weighted by molar-refractivity contribution is 0.979. The van der Waals surface area contributed by atoms with Crippen LogP contribution in [0.3, 0.4) is 0 Å². The molecule has 3 heteroatoms. The van der Waals surface area contributed by atoms with Crippen LogP contribution in [0.15, 0.2) is 35.2 Å². The number of halogens is 2. The fourth-order valence-corrected chi connectivity index (χ4v) is 3.02. The Balaban J connectivity index is 1.82. The highest BCUT2D eigenvalue weighted by molar-refractivity contribution is 7.99. The van der Waals surface area contributed by atoms with E-state index in [0.717, 1.165) is 12.2 Å². The molecule has 1 aliphatic rings. The van der Waals surface area contributed by atoms with Crippen LogP contribution in [-0.4, -0.2) is 10.1 Å². The minimum atomic E-state index is -0.429. The zero-order valence-corrected chi connectivity index (χ0v) is 9.37. The van der Waals surface area contributed by atoms with Gasteiger partial charge in [0.1, 0.15) is 4.33 Å². The lowest BCUT2D eigenvalue weighted by Crippen LogP contribution is -1.92. The van der Waals surface area contributed by atoms with Crippen LogP contribution in [-0.2, 0) is 0 Å². The molecule has 0 saturated heterocycles. The van der Waals surface area contributed by atoms with E-state index in [0.29, 0.717) is 5.92 Å². The van der Waals surface area contributed by atoms with Crippen LogP contribution in [0.5, 0.6) is 0 Å². The van der Waals surface area contributed by atoms with Crippen LogP contribution in [0, 0.1) is 5.92 Å². The first-order chi connectivity index (χ1) is 6.18. The third-order valence-electron chi connectivity index (χ3n) is 2.15. The van der Waals surface area contributed by atoms with Crippen molar-refractivity contribution in [2.75, 3.05) is 5.75 Å². The predicted octanol–water partition coefficient (Wildman–Crippen LogP) is 3.97. The number of hydrogen-bond donors (Lipinski definition) is 0. The van der Waals surface area contributed by atoms with Crippen molar-refractivity contribution in [2.24, 2.45) is 5.92 Å². The highest BCUT2D eigenvalue weighted by atomic mass is 35.5. The molecule has 0 aliphatic heterocycles. The van der Waals surface area contributed by atoms with Gasteiger partial charge in [0.25, 0.3) is 0 Å². The summed E-state index contributed by atoms with van der Waals surface area (Å²) >= 11 is 13.7. The van der Waals surface area contributed by atoms with Gasteiger partial charge in [-0.25, -0.2) is 0 Å². The zero-order chi connectivity index (χ0) is 9.31. The second kappa shape index (κ2) is 3.72. The lowest BCUT2D eigenvalue weighted by atomic mass is 10.4. The number of thioether (sulfide) groups is 1. The number of benzene rings is 1. The van der Waals surface area contributed by atoms with Crippen LogP contribution in [0.1, 0.15) is 6.42 Å². The number of hydrogen-bond acceptors (Lipinski definition) is 1. The zero-order valence-electron chi connectivity index (χ0n) is 7.04. The standard InChI is InChI=1S/C10H10Cl2S/c11-10(12)6-8(10)7-13-9-4-2-1-3-5-9/h1-5,8H,6-7H2/t8-/m0/s1. The molecule has 0 amide bonds. The van der Waals surface area contributed by atoms with E-state index in [9.17, 15) is 0 Å². The van der Waals surface area contributed by atoms with Crippen LogP contribution in [0.2, 0.25) is 0 Å². The molecule has 1 aromatic carbocycles. The molecule has 70 valence electrons. The first-order valence-electron chi connectivity index (χ1n) is 4.24. The Kier molecular flexibility index (Phi) is 2.77. The van der Waals surface area contributed by atoms with Gasteiger partial charge < -0.3 is 0 Å². The summed E-state index contributed by atoms with van der Waals surface area (Å²) < 4.78 is -0.429. The summed E-state index contributed by atoms with van der Waals surface area (Å²) in [7, 11) is 0. The predicted molar refractivity (Wildman–Crippen MR) is 59.7 cm³/mol. The molecule has 0 aromatic heterocycles. The van der Waals surface area contributed by atoms with Gasteiger partial charge in [-0.1, -0.05) is 18.2 Å². The Morgan fingerprint density at radius 1 is 1.31 bits per heavy atom. The Labute approximate surface area is 92.6 Å². The van der Waals surface area contributed by atoms with Crippen LogP contribution in [0.25, 0.3) is 0 Å². The Morgan fingerprint density at radius 3 is 2.46 bits per heavy atom. The van der Waals surface area contributed by atoms with E-state index in [4.69, 9.17) is 23.2 Å². The van der Waals surface area contributed by atoms with E-state index in [1.165, 1.54) is 4.90 Å². The summed E-state index contributed by atoms with van der Waals surface area (Å²) in [6, 6.07) is 10.3. The molecule has 1 atom stereocenters. The maximum absolute atomic E-state index is 5.93. The van der Waals surface area contributed by atoms with Crippen LogP contribution < -0.4 is 0 Å². The lowest BCUT2D eigenvalue weighted by Gasteiger charge is -2.00. The van der Waals surface area contributed by atoms with Gasteiger partial charge in [-0.15, -0.1) is 35.0 Å². The van der Waals surface area contributed by atoms with Crippen molar-refractivity contribution in [2.45, 2.75) is 15.6 Å². The quantitative estimate of drug-likeness (QED) is 0.562. The largest absolute Gasteiger partial charge is 0.126 e. The van der Waals surface area contributed by atoms with Gasteiger partial charge >= 0.3 is 0 Å². The molecule has 13 heavy (non-hydrogen) atoms. The van der Waals surface area contributed by atoms with Crippen LogP contribution >= 0.6 is 35.0 Å². The minimum absolute atomic E-state index is 0.429. The monoisotopic (exact) mass is 232 g/mol. The molecule has 0 bridgehead atoms. The molecule has 2 rings (SSSR count). The Bertz CT molecular complexity index is 284. The van der Waals surface area contributed by atoms with Gasteiger partial charge in [0, 0.05) is 16.6 Å². The van der Waals surface area contributed by atoms with Gasteiger partial charge in [0.2, 0.25) is 0 Å². The normalized spacial score (nSPS) is 24.3. The Hall–Kier alpha value is 0.150. The molecule has 0 nitrogen and oxygen atoms in total. The van der Waals surface area contributed by atoms with Crippen molar-refractivity contribution in [3.05, 3.63) is 30.3 Å². The average Bonchev–Trinajstić information content (AvgIpc) is 2.73. The van der Waals surface area contributed by atoms with Crippen molar-refractivity contribution < 1.29 is 0 Å². The first-order valence-corrected chi connectivity index (χ1v) is 5.98. The second-order valence-corrected chi connectivity index (χ2v) is 5.92. The summed E-state index contributed by atoms with van der Waals surface area (Å²) in [5, 5.41) is 0. The van der Waals surface area contributed by atoms with Gasteiger partial charge in [-0.05, 0) is 18.6 Å². The van der Waals surface area contributed by atoms with Crippen molar-refractivity contribution in [1.82, 2.24) is 0 Å². The molecule has 1 aliphatic carbocycles. The molecular formula is C10H10Cl2S. The van der Waals surface area contributed by atoms with Crippen LogP contribution in [0.4, 0.5) is 0 Å². The van der Waals surface area contributed by atoms with E-state index in [1.54, 1.807) is 0 Å². The Morgan fingerprint density at radius 2 is 1.92 bits per heavy atom. The summed E-state index contributed by atoms with van der Waals surface area (Å²) in [5.74, 6) is 1.50. The van der Waals surface area contributed by atoms with E-state index in [-0.39, 0.29) is 0 Å². The molecule has 1 aromatic rings. The van der Waals surface area contributed by atoms with E-state index < -0.39 is 4.33 Å². The molecule has 0 unspecified atom stereocenters. The minimum Gasteiger partial charge on any atom is -0.126 e. The average molecular weight is 233 g/mol. The van der Waals surface area contributed by atoms with Crippen molar-refractivity contribution in [3.63, 3.8) is 0 Å². The third-order valence-corrected chi connectivity index (χ3v) is 4.25. The van der Waals surface area contributed by atoms with E-state index in [2.05, 4.69) is 12.1 Å². The third kappa shape index (κ3) is 2.55. The van der Waals surface area contributed by atoms with E-state index >= 15 is 0 Å². The number of rotatable bonds is 3. The second-order valence-electron chi connectivity index (χ2n) is 3.29.